The molecule has 0 fully saturated rings. The summed E-state index contributed by atoms with van der Waals surface area (Å²) in [6, 6.07) is 17.6. The maximum atomic E-state index is 10.9. The quantitative estimate of drug-likeness (QED) is 0.358. The van der Waals surface area contributed by atoms with Gasteiger partial charge in [-0.3, -0.25) is 0 Å². The first-order chi connectivity index (χ1) is 10.0. The zero-order chi connectivity index (χ0) is 14.9. The number of phosphoric ester groups is 1. The van der Waals surface area contributed by atoms with Crippen molar-refractivity contribution in [2.24, 2.45) is 0 Å². The second-order valence-electron chi connectivity index (χ2n) is 4.43. The SMILES string of the molecule is O=P([O-])([O-])Oc1cc(-c2ccccc2)nc2ccccc12.[Na+].[Na+]. The van der Waals surface area contributed by atoms with E-state index in [1.165, 1.54) is 6.07 Å². The number of benzene rings is 2. The van der Waals surface area contributed by atoms with Crippen molar-refractivity contribution in [3.63, 3.8) is 0 Å². The van der Waals surface area contributed by atoms with E-state index in [-0.39, 0.29) is 64.9 Å². The van der Waals surface area contributed by atoms with Crippen LogP contribution < -0.4 is 73.4 Å². The topological polar surface area (TPSA) is 85.3 Å². The molecule has 0 N–H and O–H groups in total. The molecule has 0 atom stereocenters. The third-order valence-corrected chi connectivity index (χ3v) is 3.38. The van der Waals surface area contributed by atoms with Crippen LogP contribution in [0, 0.1) is 0 Å². The Morgan fingerprint density at radius 1 is 0.913 bits per heavy atom. The molecule has 23 heavy (non-hydrogen) atoms. The molecule has 3 aromatic rings. The number of rotatable bonds is 3. The van der Waals surface area contributed by atoms with Crippen LogP contribution in [0.5, 0.6) is 5.75 Å². The monoisotopic (exact) mass is 345 g/mol. The summed E-state index contributed by atoms with van der Waals surface area (Å²) >= 11 is 0. The normalized spacial score (nSPS) is 10.5. The van der Waals surface area contributed by atoms with E-state index in [0.29, 0.717) is 16.6 Å². The van der Waals surface area contributed by atoms with Gasteiger partial charge in [0, 0.05) is 17.0 Å². The molecular formula is C15H10NNa2O4P. The fourth-order valence-electron chi connectivity index (χ4n) is 2.10. The van der Waals surface area contributed by atoms with E-state index in [1.54, 1.807) is 24.3 Å². The zero-order valence-electron chi connectivity index (χ0n) is 12.8. The molecule has 0 spiro atoms. The molecule has 0 aliphatic heterocycles. The van der Waals surface area contributed by atoms with Gasteiger partial charge in [-0.1, -0.05) is 42.5 Å². The van der Waals surface area contributed by atoms with Gasteiger partial charge in [0.05, 0.1) is 11.2 Å². The largest absolute Gasteiger partial charge is 1.00 e. The van der Waals surface area contributed by atoms with E-state index in [2.05, 4.69) is 9.51 Å². The number of hydrogen-bond acceptors (Lipinski definition) is 5. The Kier molecular flexibility index (Phi) is 7.94. The average molecular weight is 345 g/mol. The average Bonchev–Trinajstić information content (AvgIpc) is 2.46. The first kappa shape index (κ1) is 20.8. The molecule has 1 heterocycles. The molecule has 0 saturated carbocycles. The second kappa shape index (κ2) is 8.77. The van der Waals surface area contributed by atoms with Gasteiger partial charge < -0.3 is 18.9 Å². The number of fused-ring (bicyclic) bond motifs is 1. The Balaban J connectivity index is 0.00000132. The van der Waals surface area contributed by atoms with Crippen molar-refractivity contribution in [1.29, 1.82) is 0 Å². The van der Waals surface area contributed by atoms with E-state index in [0.717, 1.165) is 5.56 Å². The van der Waals surface area contributed by atoms with E-state index < -0.39 is 7.82 Å². The molecule has 5 nitrogen and oxygen atoms in total. The molecule has 0 unspecified atom stereocenters. The van der Waals surface area contributed by atoms with Crippen molar-refractivity contribution in [2.75, 3.05) is 0 Å². The summed E-state index contributed by atoms with van der Waals surface area (Å²) in [7, 11) is -5.13. The molecular weight excluding hydrogens is 335 g/mol. The van der Waals surface area contributed by atoms with Gasteiger partial charge in [-0.15, -0.1) is 0 Å². The first-order valence-corrected chi connectivity index (χ1v) is 7.66. The van der Waals surface area contributed by atoms with E-state index in [9.17, 15) is 14.4 Å². The summed E-state index contributed by atoms with van der Waals surface area (Å²) in [5.74, 6) is -0.00668. The summed E-state index contributed by atoms with van der Waals surface area (Å²) in [5.41, 5.74) is 1.90. The van der Waals surface area contributed by atoms with Gasteiger partial charge in [0.25, 0.3) is 0 Å². The standard InChI is InChI=1S/C15H12NO4P.2Na/c17-21(18,19)20-15-10-14(11-6-2-1-3-7-11)16-13-9-5-4-8-12(13)15;;/h1-10H,(H2,17,18,19);;/q;2*+1/p-2. The van der Waals surface area contributed by atoms with Gasteiger partial charge in [-0.2, -0.15) is 0 Å². The van der Waals surface area contributed by atoms with Crippen molar-refractivity contribution >= 4 is 18.7 Å². The molecule has 0 saturated heterocycles. The fourth-order valence-corrected chi connectivity index (χ4v) is 2.49. The maximum absolute atomic E-state index is 10.9. The smallest absolute Gasteiger partial charge is 0.780 e. The van der Waals surface area contributed by atoms with Crippen LogP contribution in [0.25, 0.3) is 22.2 Å². The summed E-state index contributed by atoms with van der Waals surface area (Å²) in [6.07, 6.45) is 0. The minimum absolute atomic E-state index is 0. The fraction of sp³-hybridized carbons (Fsp3) is 0. The van der Waals surface area contributed by atoms with Crippen LogP contribution in [-0.2, 0) is 4.57 Å². The summed E-state index contributed by atoms with van der Waals surface area (Å²) in [4.78, 5) is 26.3. The molecule has 0 aliphatic carbocycles. The molecule has 106 valence electrons. The van der Waals surface area contributed by atoms with Crippen molar-refractivity contribution in [3.8, 4) is 17.0 Å². The number of para-hydroxylation sites is 1. The number of hydrogen-bond donors (Lipinski definition) is 0. The van der Waals surface area contributed by atoms with Gasteiger partial charge in [0.1, 0.15) is 13.6 Å². The van der Waals surface area contributed by atoms with Gasteiger partial charge in [-0.05, 0) is 12.1 Å². The molecule has 3 rings (SSSR count). The van der Waals surface area contributed by atoms with Gasteiger partial charge >= 0.3 is 59.1 Å². The minimum Gasteiger partial charge on any atom is -0.780 e. The van der Waals surface area contributed by atoms with Crippen molar-refractivity contribution in [3.05, 3.63) is 60.7 Å². The number of aromatic nitrogens is 1. The molecule has 2 aromatic carbocycles. The predicted molar refractivity (Wildman–Crippen MR) is 75.4 cm³/mol. The molecule has 0 amide bonds. The molecule has 1 aromatic heterocycles. The summed E-state index contributed by atoms with van der Waals surface area (Å²) < 4.78 is 15.5. The van der Waals surface area contributed by atoms with Crippen LogP contribution >= 0.6 is 7.82 Å². The van der Waals surface area contributed by atoms with Crippen molar-refractivity contribution in [2.45, 2.75) is 0 Å². The van der Waals surface area contributed by atoms with E-state index in [4.69, 9.17) is 0 Å². The van der Waals surface area contributed by atoms with Crippen LogP contribution in [0.1, 0.15) is 0 Å². The molecule has 8 heteroatoms. The van der Waals surface area contributed by atoms with Gasteiger partial charge in [0.15, 0.2) is 0 Å². The van der Waals surface area contributed by atoms with Gasteiger partial charge in [-0.25, -0.2) is 4.98 Å². The predicted octanol–water partition coefficient (Wildman–Crippen LogP) is -3.88. The zero-order valence-corrected chi connectivity index (χ0v) is 17.7. The summed E-state index contributed by atoms with van der Waals surface area (Å²) in [5, 5.41) is 0.476. The Morgan fingerprint density at radius 2 is 1.52 bits per heavy atom. The first-order valence-electron chi connectivity index (χ1n) is 6.20. The third kappa shape index (κ3) is 5.40. The number of pyridine rings is 1. The Labute approximate surface area is 177 Å². The summed E-state index contributed by atoms with van der Waals surface area (Å²) in [6.45, 7) is 0. The van der Waals surface area contributed by atoms with Gasteiger partial charge in [0.2, 0.25) is 0 Å². The van der Waals surface area contributed by atoms with Crippen LogP contribution in [0.3, 0.4) is 0 Å². The van der Waals surface area contributed by atoms with Crippen molar-refractivity contribution in [1.82, 2.24) is 4.98 Å². The second-order valence-corrected chi connectivity index (χ2v) is 5.50. The van der Waals surface area contributed by atoms with E-state index >= 15 is 0 Å². The third-order valence-electron chi connectivity index (χ3n) is 2.96. The Bertz CT molecular complexity index is 839. The Morgan fingerprint density at radius 3 is 2.17 bits per heavy atom. The molecule has 0 radical (unpaired) electrons. The minimum atomic E-state index is -5.13. The van der Waals surface area contributed by atoms with E-state index in [1.807, 2.05) is 30.3 Å². The van der Waals surface area contributed by atoms with Crippen LogP contribution in [0.15, 0.2) is 60.7 Å². The maximum Gasteiger partial charge on any atom is 1.00 e. The number of nitrogens with zero attached hydrogens (tertiary/aromatic N) is 1. The van der Waals surface area contributed by atoms with Crippen LogP contribution in [0.4, 0.5) is 0 Å². The van der Waals surface area contributed by atoms with Crippen LogP contribution in [0.2, 0.25) is 0 Å². The number of phosphoric acid groups is 1. The van der Waals surface area contributed by atoms with Crippen LogP contribution in [-0.4, -0.2) is 4.98 Å². The molecule has 0 bridgehead atoms. The molecule has 0 aliphatic rings. The Hall–Kier alpha value is -0.200. The van der Waals surface area contributed by atoms with Crippen molar-refractivity contribution < 1.29 is 78.0 Å².